The van der Waals surface area contributed by atoms with Crippen molar-refractivity contribution in [2.75, 3.05) is 6.79 Å². The quantitative estimate of drug-likeness (QED) is 0.766. The van der Waals surface area contributed by atoms with Gasteiger partial charge < -0.3 is 9.47 Å². The minimum Gasteiger partial charge on any atom is -0.454 e. The molecule has 2 nitrogen and oxygen atoms in total. The van der Waals surface area contributed by atoms with Gasteiger partial charge in [-0.3, -0.25) is 0 Å². The molecule has 0 amide bonds. The highest BCUT2D eigenvalue weighted by Crippen LogP contribution is 2.35. The van der Waals surface area contributed by atoms with Gasteiger partial charge in [-0.25, -0.2) is 0 Å². The Bertz CT molecular complexity index is 355. The maximum absolute atomic E-state index is 5.34. The molecule has 15 heavy (non-hydrogen) atoms. The van der Waals surface area contributed by atoms with Crippen molar-refractivity contribution in [3.63, 3.8) is 0 Å². The molecule has 0 fully saturated rings. The summed E-state index contributed by atoms with van der Waals surface area (Å²) < 4.78 is 10.9. The van der Waals surface area contributed by atoms with Gasteiger partial charge in [0.2, 0.25) is 6.79 Å². The van der Waals surface area contributed by atoms with Gasteiger partial charge in [0, 0.05) is 10.5 Å². The first-order valence-electron chi connectivity index (χ1n) is 5.07. The topological polar surface area (TPSA) is 18.5 Å². The zero-order valence-corrected chi connectivity index (χ0v) is 10.2. The van der Waals surface area contributed by atoms with E-state index in [4.69, 9.17) is 9.47 Å². The van der Waals surface area contributed by atoms with Crippen molar-refractivity contribution in [1.29, 1.82) is 0 Å². The molecular weight excluding hydrogens is 208 g/mol. The average molecular weight is 224 g/mol. The Morgan fingerprint density at radius 1 is 1.20 bits per heavy atom. The maximum Gasteiger partial charge on any atom is 0.231 e. The van der Waals surface area contributed by atoms with Gasteiger partial charge >= 0.3 is 0 Å². The lowest BCUT2D eigenvalue weighted by Gasteiger charge is -2.17. The fraction of sp³-hybridized carbons (Fsp3) is 0.500. The van der Waals surface area contributed by atoms with Gasteiger partial charge in [-0.15, -0.1) is 0 Å². The third kappa shape index (κ3) is 2.81. The fourth-order valence-corrected chi connectivity index (χ4v) is 2.11. The Balaban J connectivity index is 2.04. The molecule has 0 bridgehead atoms. The van der Waals surface area contributed by atoms with Crippen molar-refractivity contribution >= 4 is 11.8 Å². The zero-order chi connectivity index (χ0) is 10.9. The second kappa shape index (κ2) is 3.97. The summed E-state index contributed by atoms with van der Waals surface area (Å²) in [6, 6.07) is 6.16. The lowest BCUT2D eigenvalue weighted by Crippen LogP contribution is -2.07. The van der Waals surface area contributed by atoms with Gasteiger partial charge in [-0.2, -0.15) is 11.8 Å². The van der Waals surface area contributed by atoms with Gasteiger partial charge in [0.15, 0.2) is 11.5 Å². The molecule has 82 valence electrons. The highest BCUT2D eigenvalue weighted by Gasteiger charge is 2.15. The zero-order valence-electron chi connectivity index (χ0n) is 9.37. The molecule has 1 aliphatic rings. The van der Waals surface area contributed by atoms with E-state index in [0.29, 0.717) is 11.5 Å². The predicted molar refractivity (Wildman–Crippen MR) is 63.6 cm³/mol. The Hall–Kier alpha value is -0.830. The van der Waals surface area contributed by atoms with Crippen LogP contribution in [-0.2, 0) is 5.75 Å². The molecule has 0 aliphatic carbocycles. The van der Waals surface area contributed by atoms with Crippen LogP contribution in [0.1, 0.15) is 26.3 Å². The van der Waals surface area contributed by atoms with Crippen molar-refractivity contribution < 1.29 is 9.47 Å². The minimum atomic E-state index is 0.302. The lowest BCUT2D eigenvalue weighted by atomic mass is 10.2. The van der Waals surface area contributed by atoms with Crippen LogP contribution in [-0.4, -0.2) is 11.5 Å². The second-order valence-electron chi connectivity index (χ2n) is 4.59. The number of rotatable bonds is 2. The molecule has 1 aliphatic heterocycles. The first-order chi connectivity index (χ1) is 7.04. The van der Waals surface area contributed by atoms with E-state index in [1.165, 1.54) is 5.56 Å². The SMILES string of the molecule is CC(C)(C)SCc1ccc2c(c1)OCO2. The summed E-state index contributed by atoms with van der Waals surface area (Å²) in [5.74, 6) is 2.75. The Morgan fingerprint density at radius 2 is 1.93 bits per heavy atom. The van der Waals surface area contributed by atoms with Crippen LogP contribution in [0.2, 0.25) is 0 Å². The van der Waals surface area contributed by atoms with Crippen LogP contribution in [0, 0.1) is 0 Å². The molecule has 0 saturated carbocycles. The van der Waals surface area contributed by atoms with Gasteiger partial charge in [-0.05, 0) is 17.7 Å². The molecule has 0 aromatic heterocycles. The fourth-order valence-electron chi connectivity index (χ4n) is 1.33. The Morgan fingerprint density at radius 3 is 2.67 bits per heavy atom. The Kier molecular flexibility index (Phi) is 2.83. The van der Waals surface area contributed by atoms with Gasteiger partial charge in [0.1, 0.15) is 0 Å². The van der Waals surface area contributed by atoms with Crippen LogP contribution in [0.5, 0.6) is 11.5 Å². The van der Waals surface area contributed by atoms with Gasteiger partial charge in [0.25, 0.3) is 0 Å². The van der Waals surface area contributed by atoms with E-state index in [-0.39, 0.29) is 0 Å². The molecule has 0 atom stereocenters. The standard InChI is InChI=1S/C12H16O2S/c1-12(2,3)15-7-9-4-5-10-11(6-9)14-8-13-10/h4-6H,7-8H2,1-3H3. The van der Waals surface area contributed by atoms with Gasteiger partial charge in [0.05, 0.1) is 0 Å². The number of hydrogen-bond donors (Lipinski definition) is 0. The number of fused-ring (bicyclic) bond motifs is 1. The van der Waals surface area contributed by atoms with Crippen molar-refractivity contribution in [3.05, 3.63) is 23.8 Å². The van der Waals surface area contributed by atoms with E-state index >= 15 is 0 Å². The number of ether oxygens (including phenoxy) is 2. The summed E-state index contributed by atoms with van der Waals surface area (Å²) in [6.07, 6.45) is 0. The molecule has 0 N–H and O–H groups in total. The molecule has 0 spiro atoms. The summed E-state index contributed by atoms with van der Waals surface area (Å²) in [4.78, 5) is 0. The monoisotopic (exact) mass is 224 g/mol. The minimum absolute atomic E-state index is 0.302. The van der Waals surface area contributed by atoms with Crippen LogP contribution in [0.15, 0.2) is 18.2 Å². The van der Waals surface area contributed by atoms with Crippen LogP contribution in [0.3, 0.4) is 0 Å². The normalized spacial score (nSPS) is 14.3. The Labute approximate surface area is 95.0 Å². The number of hydrogen-bond acceptors (Lipinski definition) is 3. The number of thioether (sulfide) groups is 1. The molecular formula is C12H16O2S. The summed E-state index contributed by atoms with van der Waals surface area (Å²) in [6.45, 7) is 7.03. The van der Waals surface area contributed by atoms with E-state index in [0.717, 1.165) is 17.3 Å². The van der Waals surface area contributed by atoms with E-state index in [2.05, 4.69) is 32.9 Å². The molecule has 0 saturated heterocycles. The first kappa shape index (κ1) is 10.7. The second-order valence-corrected chi connectivity index (χ2v) is 6.39. The molecule has 0 unspecified atom stereocenters. The maximum atomic E-state index is 5.34. The predicted octanol–water partition coefficient (Wildman–Crippen LogP) is 3.45. The van der Waals surface area contributed by atoms with Crippen LogP contribution < -0.4 is 9.47 Å². The average Bonchev–Trinajstić information content (AvgIpc) is 2.60. The smallest absolute Gasteiger partial charge is 0.231 e. The van der Waals surface area contributed by atoms with E-state index in [1.807, 2.05) is 17.8 Å². The van der Waals surface area contributed by atoms with E-state index < -0.39 is 0 Å². The van der Waals surface area contributed by atoms with Crippen molar-refractivity contribution in [2.24, 2.45) is 0 Å². The third-order valence-corrected chi connectivity index (χ3v) is 3.45. The summed E-state index contributed by atoms with van der Waals surface area (Å²) in [5.41, 5.74) is 1.29. The van der Waals surface area contributed by atoms with Crippen molar-refractivity contribution in [3.8, 4) is 11.5 Å². The molecule has 3 heteroatoms. The van der Waals surface area contributed by atoms with E-state index in [9.17, 15) is 0 Å². The highest BCUT2D eigenvalue weighted by atomic mass is 32.2. The molecule has 0 radical (unpaired) electrons. The summed E-state index contributed by atoms with van der Waals surface area (Å²) in [7, 11) is 0. The van der Waals surface area contributed by atoms with Crippen LogP contribution in [0.25, 0.3) is 0 Å². The molecule has 1 aromatic carbocycles. The first-order valence-corrected chi connectivity index (χ1v) is 6.06. The third-order valence-electron chi connectivity index (χ3n) is 2.11. The van der Waals surface area contributed by atoms with Crippen LogP contribution >= 0.6 is 11.8 Å². The molecule has 1 aromatic rings. The summed E-state index contributed by atoms with van der Waals surface area (Å²) in [5, 5.41) is 0. The van der Waals surface area contributed by atoms with Crippen molar-refractivity contribution in [1.82, 2.24) is 0 Å². The van der Waals surface area contributed by atoms with E-state index in [1.54, 1.807) is 0 Å². The van der Waals surface area contributed by atoms with Crippen LogP contribution in [0.4, 0.5) is 0 Å². The molecule has 1 heterocycles. The van der Waals surface area contributed by atoms with Gasteiger partial charge in [-0.1, -0.05) is 26.8 Å². The van der Waals surface area contributed by atoms with Crippen molar-refractivity contribution in [2.45, 2.75) is 31.3 Å². The largest absolute Gasteiger partial charge is 0.454 e. The summed E-state index contributed by atoms with van der Waals surface area (Å²) >= 11 is 1.94. The number of benzene rings is 1. The molecule has 2 rings (SSSR count). The highest BCUT2D eigenvalue weighted by molar-refractivity contribution is 7.99. The lowest BCUT2D eigenvalue weighted by molar-refractivity contribution is 0.174.